The first-order valence-electron chi connectivity index (χ1n) is 14.7. The molecule has 6 rings (SSSR count). The Hall–Kier alpha value is -4.57. The predicted octanol–water partition coefficient (Wildman–Crippen LogP) is 9.25. The first-order chi connectivity index (χ1) is 20.2. The second-order valence-corrected chi connectivity index (χ2v) is 10.9. The molecule has 41 heavy (non-hydrogen) atoms. The van der Waals surface area contributed by atoms with Gasteiger partial charge in [-0.25, -0.2) is 4.98 Å². The van der Waals surface area contributed by atoms with Gasteiger partial charge in [-0.15, -0.1) is 0 Å². The molecule has 4 aromatic carbocycles. The number of aromatic nitrogens is 1. The van der Waals surface area contributed by atoms with Gasteiger partial charge in [0.15, 0.2) is 0 Å². The maximum absolute atomic E-state index is 12.1. The van der Waals surface area contributed by atoms with E-state index in [0.717, 1.165) is 70.0 Å². The summed E-state index contributed by atoms with van der Waals surface area (Å²) in [6, 6.07) is 32.9. The standard InChI is InChI=1S/C37H34N2O2/c40-35-25-27(29-15-7-8-16-30(29)37(35)41)14-6-4-2-1-3-5-13-26-21-23-28(24-22-26)38-36-31-17-9-11-19-33(31)39-34-20-12-10-18-32(34)36/h7-12,15-25H,1-6,13-14H2,(H,38,39). The van der Waals surface area contributed by atoms with Crippen molar-refractivity contribution >= 4 is 50.3 Å². The van der Waals surface area contributed by atoms with Gasteiger partial charge in [-0.05, 0) is 72.7 Å². The van der Waals surface area contributed by atoms with Crippen LogP contribution in [0.2, 0.25) is 0 Å². The molecule has 4 heteroatoms. The number of rotatable bonds is 11. The minimum atomic E-state index is -0.387. The van der Waals surface area contributed by atoms with E-state index in [-0.39, 0.29) is 11.6 Å². The third-order valence-corrected chi connectivity index (χ3v) is 8.02. The quantitative estimate of drug-likeness (QED) is 0.103. The van der Waals surface area contributed by atoms with Crippen LogP contribution in [0, 0.1) is 0 Å². The highest BCUT2D eigenvalue weighted by Gasteiger charge is 2.24. The summed E-state index contributed by atoms with van der Waals surface area (Å²) in [6.45, 7) is 0. The number of benzene rings is 4. The lowest BCUT2D eigenvalue weighted by atomic mass is 9.86. The second-order valence-electron chi connectivity index (χ2n) is 10.9. The van der Waals surface area contributed by atoms with Gasteiger partial charge in [0.05, 0.1) is 16.7 Å². The van der Waals surface area contributed by atoms with E-state index in [4.69, 9.17) is 4.98 Å². The van der Waals surface area contributed by atoms with Gasteiger partial charge in [-0.2, -0.15) is 0 Å². The average molecular weight is 539 g/mol. The van der Waals surface area contributed by atoms with Crippen LogP contribution in [0.1, 0.15) is 66.4 Å². The summed E-state index contributed by atoms with van der Waals surface area (Å²) in [5, 5.41) is 5.92. The van der Waals surface area contributed by atoms with Crippen molar-refractivity contribution < 1.29 is 9.59 Å². The van der Waals surface area contributed by atoms with Crippen LogP contribution in [0.25, 0.3) is 27.4 Å². The van der Waals surface area contributed by atoms with Crippen LogP contribution in [0.3, 0.4) is 0 Å². The molecule has 0 unspecified atom stereocenters. The predicted molar refractivity (Wildman–Crippen MR) is 169 cm³/mol. The first kappa shape index (κ1) is 26.6. The Bertz CT molecular complexity index is 1700. The highest BCUT2D eigenvalue weighted by atomic mass is 16.2. The van der Waals surface area contributed by atoms with Crippen LogP contribution >= 0.6 is 0 Å². The molecule has 1 aromatic heterocycles. The highest BCUT2D eigenvalue weighted by molar-refractivity contribution is 6.50. The van der Waals surface area contributed by atoms with Crippen molar-refractivity contribution in [1.29, 1.82) is 0 Å². The van der Waals surface area contributed by atoms with E-state index in [1.165, 1.54) is 31.2 Å². The van der Waals surface area contributed by atoms with Crippen molar-refractivity contribution in [2.45, 2.75) is 51.4 Å². The Morgan fingerprint density at radius 2 is 1.12 bits per heavy atom. The molecule has 0 bridgehead atoms. The Morgan fingerprint density at radius 3 is 1.80 bits per heavy atom. The number of para-hydroxylation sites is 2. The van der Waals surface area contributed by atoms with Crippen molar-refractivity contribution in [3.63, 3.8) is 0 Å². The summed E-state index contributed by atoms with van der Waals surface area (Å²) in [6.07, 6.45) is 10.5. The van der Waals surface area contributed by atoms with E-state index in [1.807, 2.05) is 30.3 Å². The van der Waals surface area contributed by atoms with E-state index in [0.29, 0.717) is 5.56 Å². The average Bonchev–Trinajstić information content (AvgIpc) is 3.01. The van der Waals surface area contributed by atoms with E-state index < -0.39 is 0 Å². The van der Waals surface area contributed by atoms with Gasteiger partial charge < -0.3 is 5.32 Å². The van der Waals surface area contributed by atoms with Crippen LogP contribution in [0.5, 0.6) is 0 Å². The molecule has 1 aliphatic carbocycles. The van der Waals surface area contributed by atoms with Crippen molar-refractivity contribution in [3.8, 4) is 0 Å². The molecule has 1 heterocycles. The van der Waals surface area contributed by atoms with Crippen LogP contribution in [0.15, 0.2) is 103 Å². The van der Waals surface area contributed by atoms with E-state index in [1.54, 1.807) is 12.1 Å². The van der Waals surface area contributed by atoms with Crippen LogP contribution in [-0.2, 0) is 11.2 Å². The second kappa shape index (κ2) is 12.3. The van der Waals surface area contributed by atoms with E-state index >= 15 is 0 Å². The maximum Gasteiger partial charge on any atom is 0.233 e. The van der Waals surface area contributed by atoms with Gasteiger partial charge in [0.1, 0.15) is 0 Å². The number of fused-ring (bicyclic) bond motifs is 3. The van der Waals surface area contributed by atoms with Gasteiger partial charge in [-0.3, -0.25) is 9.59 Å². The fraction of sp³-hybridized carbons (Fsp3) is 0.216. The topological polar surface area (TPSA) is 59.1 Å². The first-order valence-corrected chi connectivity index (χ1v) is 14.7. The highest BCUT2D eigenvalue weighted by Crippen LogP contribution is 2.33. The van der Waals surface area contributed by atoms with Crippen molar-refractivity contribution in [3.05, 3.63) is 120 Å². The zero-order valence-corrected chi connectivity index (χ0v) is 23.2. The third kappa shape index (κ3) is 5.97. The van der Waals surface area contributed by atoms with E-state index in [9.17, 15) is 9.59 Å². The summed E-state index contributed by atoms with van der Waals surface area (Å²) in [5.41, 5.74) is 8.02. The summed E-state index contributed by atoms with van der Waals surface area (Å²) in [4.78, 5) is 29.0. The summed E-state index contributed by atoms with van der Waals surface area (Å²) in [5.74, 6) is -0.770. The van der Waals surface area contributed by atoms with Gasteiger partial charge in [0, 0.05) is 22.0 Å². The van der Waals surface area contributed by atoms with Crippen molar-refractivity contribution in [2.24, 2.45) is 0 Å². The lowest BCUT2D eigenvalue weighted by Gasteiger charge is -2.16. The number of anilines is 2. The number of aryl methyl sites for hydroxylation is 1. The van der Waals surface area contributed by atoms with Crippen LogP contribution < -0.4 is 5.32 Å². The lowest BCUT2D eigenvalue weighted by Crippen LogP contribution is -2.18. The zero-order valence-electron chi connectivity index (χ0n) is 23.2. The molecule has 0 amide bonds. The molecule has 204 valence electrons. The molecule has 1 aliphatic rings. The molecule has 0 aliphatic heterocycles. The van der Waals surface area contributed by atoms with Crippen molar-refractivity contribution in [2.75, 3.05) is 5.32 Å². The number of pyridine rings is 1. The number of carbonyl (C=O) groups is 2. The Morgan fingerprint density at radius 1 is 0.561 bits per heavy atom. The van der Waals surface area contributed by atoms with Gasteiger partial charge in [-0.1, -0.05) is 98.5 Å². The number of ketones is 2. The molecule has 1 N–H and O–H groups in total. The number of hydrogen-bond donors (Lipinski definition) is 1. The Balaban J connectivity index is 0.957. The number of allylic oxidation sites excluding steroid dienone is 2. The number of Topliss-reactive ketones (excluding diaryl/α,β-unsaturated/α-hetero) is 1. The molecular weight excluding hydrogens is 504 g/mol. The zero-order chi connectivity index (χ0) is 28.0. The summed E-state index contributed by atoms with van der Waals surface area (Å²) >= 11 is 0. The molecule has 0 atom stereocenters. The smallest absolute Gasteiger partial charge is 0.233 e. The molecule has 0 saturated carbocycles. The normalized spacial score (nSPS) is 12.9. The minimum absolute atomic E-state index is 0.383. The monoisotopic (exact) mass is 538 g/mol. The largest absolute Gasteiger partial charge is 0.354 e. The molecule has 0 spiro atoms. The van der Waals surface area contributed by atoms with Crippen molar-refractivity contribution in [1.82, 2.24) is 4.98 Å². The molecule has 5 aromatic rings. The van der Waals surface area contributed by atoms with Crippen LogP contribution in [-0.4, -0.2) is 16.6 Å². The fourth-order valence-corrected chi connectivity index (χ4v) is 5.83. The number of unbranched alkanes of at least 4 members (excludes halogenated alkanes) is 5. The van der Waals surface area contributed by atoms with Crippen LogP contribution in [0.4, 0.5) is 11.4 Å². The molecule has 0 radical (unpaired) electrons. The summed E-state index contributed by atoms with van der Waals surface area (Å²) in [7, 11) is 0. The third-order valence-electron chi connectivity index (χ3n) is 8.02. The molecular formula is C37H34N2O2. The SMILES string of the molecule is O=C1C=C(CCCCCCCCc2ccc(Nc3c4ccccc4nc4ccccc34)cc2)c2ccccc2C1=O. The van der Waals surface area contributed by atoms with Gasteiger partial charge in [0.2, 0.25) is 11.6 Å². The summed E-state index contributed by atoms with van der Waals surface area (Å²) < 4.78 is 0. The number of carbonyl (C=O) groups excluding carboxylic acids is 2. The molecule has 0 saturated heterocycles. The van der Waals surface area contributed by atoms with Gasteiger partial charge >= 0.3 is 0 Å². The Labute approximate surface area is 241 Å². The van der Waals surface area contributed by atoms with Gasteiger partial charge in [0.25, 0.3) is 0 Å². The molecule has 0 fully saturated rings. The lowest BCUT2D eigenvalue weighted by molar-refractivity contribution is -0.111. The maximum atomic E-state index is 12.1. The minimum Gasteiger partial charge on any atom is -0.354 e. The fourth-order valence-electron chi connectivity index (χ4n) is 5.83. The number of nitrogens with zero attached hydrogens (tertiary/aromatic N) is 1. The Kier molecular flexibility index (Phi) is 7.99. The number of nitrogens with one attached hydrogen (secondary N) is 1. The molecule has 4 nitrogen and oxygen atoms in total. The number of hydrogen-bond acceptors (Lipinski definition) is 4. The van der Waals surface area contributed by atoms with E-state index in [2.05, 4.69) is 66.0 Å².